The van der Waals surface area contributed by atoms with Crippen LogP contribution in [0.4, 0.5) is 0 Å². The van der Waals surface area contributed by atoms with Crippen LogP contribution in [0.15, 0.2) is 46.4 Å². The van der Waals surface area contributed by atoms with Crippen molar-refractivity contribution in [1.29, 1.82) is 0 Å². The number of nitrogens with one attached hydrogen (secondary N) is 2. The van der Waals surface area contributed by atoms with E-state index in [0.29, 0.717) is 27.7 Å². The van der Waals surface area contributed by atoms with E-state index in [1.165, 1.54) is 0 Å². The largest absolute Gasteiger partial charge is 0.343 e. The SMILES string of the molecule is Cc1cn2cc(-c3ccc4c(=O)n(C5CCNC5)ccc4n3)c(=O)c(C)c2[nH]1. The zero-order valence-corrected chi connectivity index (χ0v) is 15.8. The molecule has 0 amide bonds. The van der Waals surface area contributed by atoms with Gasteiger partial charge in [0.05, 0.1) is 28.2 Å². The van der Waals surface area contributed by atoms with Crippen molar-refractivity contribution in [3.05, 3.63) is 68.6 Å². The van der Waals surface area contributed by atoms with E-state index < -0.39 is 0 Å². The summed E-state index contributed by atoms with van der Waals surface area (Å²) in [7, 11) is 0. The Labute approximate surface area is 160 Å². The zero-order valence-electron chi connectivity index (χ0n) is 15.8. The molecule has 1 saturated heterocycles. The van der Waals surface area contributed by atoms with Crippen molar-refractivity contribution in [2.45, 2.75) is 26.3 Å². The molecule has 0 spiro atoms. The summed E-state index contributed by atoms with van der Waals surface area (Å²) in [5.74, 6) is 0. The summed E-state index contributed by atoms with van der Waals surface area (Å²) in [5.41, 5.74) is 4.05. The number of imidazole rings is 1. The van der Waals surface area contributed by atoms with E-state index in [-0.39, 0.29) is 17.0 Å². The van der Waals surface area contributed by atoms with Gasteiger partial charge in [-0.1, -0.05) is 0 Å². The van der Waals surface area contributed by atoms with Gasteiger partial charge in [-0.05, 0) is 45.0 Å². The van der Waals surface area contributed by atoms with Crippen molar-refractivity contribution in [2.75, 3.05) is 13.1 Å². The summed E-state index contributed by atoms with van der Waals surface area (Å²) >= 11 is 0. The second-order valence-electron chi connectivity index (χ2n) is 7.49. The van der Waals surface area contributed by atoms with Crippen molar-refractivity contribution in [3.8, 4) is 11.3 Å². The first-order chi connectivity index (χ1) is 13.5. The van der Waals surface area contributed by atoms with E-state index in [1.807, 2.05) is 36.7 Å². The van der Waals surface area contributed by atoms with Gasteiger partial charge in [-0.2, -0.15) is 0 Å². The van der Waals surface area contributed by atoms with E-state index in [0.717, 1.165) is 30.9 Å². The Hall–Kier alpha value is -3.19. The number of hydrogen-bond donors (Lipinski definition) is 2. The summed E-state index contributed by atoms with van der Waals surface area (Å²) in [6.45, 7) is 5.50. The van der Waals surface area contributed by atoms with Crippen LogP contribution in [0.1, 0.15) is 23.7 Å². The predicted octanol–water partition coefficient (Wildman–Crippen LogP) is 2.16. The number of aromatic nitrogens is 4. The molecular weight excluding hydrogens is 354 g/mol. The predicted molar refractivity (Wildman–Crippen MR) is 109 cm³/mol. The number of nitrogens with zero attached hydrogens (tertiary/aromatic N) is 3. The standard InChI is InChI=1S/C21H21N5O2/c1-12-10-25-11-16(19(27)13(2)20(25)23-12)17-4-3-15-18(24-17)6-8-26(21(15)28)14-5-7-22-9-14/h3-4,6,8,10-11,14,22-23H,5,7,9H2,1-2H3. The number of fused-ring (bicyclic) bond motifs is 2. The number of rotatable bonds is 2. The molecule has 1 atom stereocenters. The third-order valence-corrected chi connectivity index (χ3v) is 5.60. The Morgan fingerprint density at radius 1 is 1.14 bits per heavy atom. The highest BCUT2D eigenvalue weighted by molar-refractivity contribution is 5.80. The lowest BCUT2D eigenvalue weighted by Gasteiger charge is -2.13. The minimum atomic E-state index is -0.0564. The van der Waals surface area contributed by atoms with Crippen LogP contribution < -0.4 is 16.3 Å². The highest BCUT2D eigenvalue weighted by Gasteiger charge is 2.19. The van der Waals surface area contributed by atoms with Gasteiger partial charge in [-0.15, -0.1) is 0 Å². The molecule has 2 N–H and O–H groups in total. The molecule has 5 heterocycles. The van der Waals surface area contributed by atoms with Gasteiger partial charge < -0.3 is 19.3 Å². The molecule has 28 heavy (non-hydrogen) atoms. The van der Waals surface area contributed by atoms with E-state index in [4.69, 9.17) is 0 Å². The first kappa shape index (κ1) is 16.9. The Morgan fingerprint density at radius 3 is 2.79 bits per heavy atom. The number of aryl methyl sites for hydroxylation is 2. The molecule has 7 heteroatoms. The average molecular weight is 375 g/mol. The van der Waals surface area contributed by atoms with Gasteiger partial charge in [-0.25, -0.2) is 4.98 Å². The minimum absolute atomic E-state index is 0.0325. The quantitative estimate of drug-likeness (QED) is 0.562. The highest BCUT2D eigenvalue weighted by Crippen LogP contribution is 2.20. The first-order valence-corrected chi connectivity index (χ1v) is 9.47. The molecular formula is C21H21N5O2. The third-order valence-electron chi connectivity index (χ3n) is 5.60. The van der Waals surface area contributed by atoms with Crippen molar-refractivity contribution in [3.63, 3.8) is 0 Å². The third kappa shape index (κ3) is 2.51. The van der Waals surface area contributed by atoms with Gasteiger partial charge in [0.1, 0.15) is 5.65 Å². The molecule has 0 saturated carbocycles. The Bertz CT molecular complexity index is 1340. The molecule has 0 aromatic carbocycles. The summed E-state index contributed by atoms with van der Waals surface area (Å²) in [4.78, 5) is 33.6. The highest BCUT2D eigenvalue weighted by atomic mass is 16.1. The van der Waals surface area contributed by atoms with Crippen molar-refractivity contribution in [2.24, 2.45) is 0 Å². The van der Waals surface area contributed by atoms with Gasteiger partial charge in [0, 0.05) is 36.4 Å². The Morgan fingerprint density at radius 2 is 2.00 bits per heavy atom. The fourth-order valence-electron chi connectivity index (χ4n) is 4.09. The number of aromatic amines is 1. The number of pyridine rings is 3. The molecule has 4 aromatic heterocycles. The fraction of sp³-hybridized carbons (Fsp3) is 0.286. The van der Waals surface area contributed by atoms with Crippen molar-refractivity contribution < 1.29 is 0 Å². The second-order valence-corrected chi connectivity index (χ2v) is 7.49. The molecule has 1 fully saturated rings. The van der Waals surface area contributed by atoms with Crippen LogP contribution in [0.3, 0.4) is 0 Å². The Balaban J connectivity index is 1.67. The zero-order chi connectivity index (χ0) is 19.4. The molecule has 0 radical (unpaired) electrons. The number of hydrogen-bond acceptors (Lipinski definition) is 4. The number of H-pyrrole nitrogens is 1. The lowest BCUT2D eigenvalue weighted by molar-refractivity contribution is 0.532. The molecule has 1 aliphatic rings. The molecule has 0 aliphatic carbocycles. The summed E-state index contributed by atoms with van der Waals surface area (Å²) in [6, 6.07) is 5.60. The van der Waals surface area contributed by atoms with Crippen LogP contribution in [0.5, 0.6) is 0 Å². The molecule has 142 valence electrons. The van der Waals surface area contributed by atoms with E-state index in [9.17, 15) is 9.59 Å². The van der Waals surface area contributed by atoms with Crippen LogP contribution >= 0.6 is 0 Å². The molecule has 1 aliphatic heterocycles. The van der Waals surface area contributed by atoms with Gasteiger partial charge in [0.15, 0.2) is 5.43 Å². The van der Waals surface area contributed by atoms with Gasteiger partial charge in [0.2, 0.25) is 0 Å². The molecule has 0 bridgehead atoms. The monoisotopic (exact) mass is 375 g/mol. The summed E-state index contributed by atoms with van der Waals surface area (Å²) < 4.78 is 3.70. The van der Waals surface area contributed by atoms with Crippen LogP contribution in [0, 0.1) is 13.8 Å². The van der Waals surface area contributed by atoms with E-state index in [1.54, 1.807) is 22.9 Å². The smallest absolute Gasteiger partial charge is 0.260 e. The molecule has 5 rings (SSSR count). The van der Waals surface area contributed by atoms with Crippen LogP contribution in [-0.4, -0.2) is 32.0 Å². The van der Waals surface area contributed by atoms with Crippen LogP contribution in [0.25, 0.3) is 27.8 Å². The first-order valence-electron chi connectivity index (χ1n) is 9.47. The topological polar surface area (TPSA) is 84.2 Å². The van der Waals surface area contributed by atoms with Gasteiger partial charge in [-0.3, -0.25) is 9.59 Å². The summed E-state index contributed by atoms with van der Waals surface area (Å²) in [6.07, 6.45) is 6.51. The second kappa shape index (κ2) is 6.17. The van der Waals surface area contributed by atoms with Crippen molar-refractivity contribution >= 4 is 16.6 Å². The lowest BCUT2D eigenvalue weighted by atomic mass is 10.1. The molecule has 1 unspecified atom stereocenters. The van der Waals surface area contributed by atoms with Crippen molar-refractivity contribution in [1.82, 2.24) is 24.3 Å². The Kier molecular flexibility index (Phi) is 3.73. The molecule has 7 nitrogen and oxygen atoms in total. The normalized spacial score (nSPS) is 17.0. The minimum Gasteiger partial charge on any atom is -0.343 e. The van der Waals surface area contributed by atoms with Gasteiger partial charge in [0.25, 0.3) is 5.56 Å². The average Bonchev–Trinajstić information content (AvgIpc) is 3.34. The maximum atomic E-state index is 12.9. The van der Waals surface area contributed by atoms with Gasteiger partial charge >= 0.3 is 0 Å². The van der Waals surface area contributed by atoms with Crippen LogP contribution in [0.2, 0.25) is 0 Å². The van der Waals surface area contributed by atoms with E-state index >= 15 is 0 Å². The maximum Gasteiger partial charge on any atom is 0.260 e. The fourth-order valence-corrected chi connectivity index (χ4v) is 4.09. The lowest BCUT2D eigenvalue weighted by Crippen LogP contribution is -2.26. The van der Waals surface area contributed by atoms with Crippen LogP contribution in [-0.2, 0) is 0 Å². The molecule has 4 aromatic rings. The summed E-state index contributed by atoms with van der Waals surface area (Å²) in [5, 5.41) is 3.87. The van der Waals surface area contributed by atoms with E-state index in [2.05, 4.69) is 15.3 Å². The maximum absolute atomic E-state index is 12.9.